The standard InChI is InChI=1S/C22H22N2O4/c25-21(23-13-5-14-27-16-20-8-4-15-28-20)22(26)24-19-11-9-18(10-12-19)17-6-2-1-3-7-17/h1-4,6-12,15H,5,13-14,16H2,(H,23,25)(H,24,26). The van der Waals surface area contributed by atoms with Crippen molar-refractivity contribution in [2.45, 2.75) is 13.0 Å². The Morgan fingerprint density at radius 2 is 1.61 bits per heavy atom. The molecule has 0 aliphatic rings. The zero-order valence-corrected chi connectivity index (χ0v) is 15.4. The summed E-state index contributed by atoms with van der Waals surface area (Å²) in [6.07, 6.45) is 2.19. The van der Waals surface area contributed by atoms with Gasteiger partial charge in [-0.1, -0.05) is 42.5 Å². The topological polar surface area (TPSA) is 80.6 Å². The van der Waals surface area contributed by atoms with E-state index in [1.807, 2.05) is 48.5 Å². The van der Waals surface area contributed by atoms with Gasteiger partial charge in [0, 0.05) is 18.8 Å². The molecule has 2 N–H and O–H groups in total. The number of carbonyl (C=O) groups excluding carboxylic acids is 2. The summed E-state index contributed by atoms with van der Waals surface area (Å²) in [5.41, 5.74) is 2.70. The molecule has 0 bridgehead atoms. The number of benzene rings is 2. The molecule has 2 aromatic carbocycles. The van der Waals surface area contributed by atoms with Gasteiger partial charge in [-0.3, -0.25) is 9.59 Å². The van der Waals surface area contributed by atoms with Gasteiger partial charge in [0.2, 0.25) is 0 Å². The summed E-state index contributed by atoms with van der Waals surface area (Å²) in [6.45, 7) is 1.21. The first-order chi connectivity index (χ1) is 13.7. The van der Waals surface area contributed by atoms with E-state index in [4.69, 9.17) is 9.15 Å². The lowest BCUT2D eigenvalue weighted by Crippen LogP contribution is -2.36. The van der Waals surface area contributed by atoms with Gasteiger partial charge >= 0.3 is 11.8 Å². The molecule has 6 nitrogen and oxygen atoms in total. The van der Waals surface area contributed by atoms with Crippen LogP contribution in [0.3, 0.4) is 0 Å². The zero-order valence-electron chi connectivity index (χ0n) is 15.4. The second-order valence-corrected chi connectivity index (χ2v) is 6.14. The maximum absolute atomic E-state index is 12.0. The van der Waals surface area contributed by atoms with Crippen molar-refractivity contribution in [3.8, 4) is 11.1 Å². The number of furan rings is 1. The van der Waals surface area contributed by atoms with Crippen LogP contribution < -0.4 is 10.6 Å². The predicted octanol–water partition coefficient (Wildman–Crippen LogP) is 3.61. The van der Waals surface area contributed by atoms with Gasteiger partial charge < -0.3 is 19.8 Å². The molecule has 1 heterocycles. The lowest BCUT2D eigenvalue weighted by molar-refractivity contribution is -0.136. The van der Waals surface area contributed by atoms with Gasteiger partial charge in [-0.2, -0.15) is 0 Å². The highest BCUT2D eigenvalue weighted by Crippen LogP contribution is 2.20. The first kappa shape index (κ1) is 19.4. The van der Waals surface area contributed by atoms with Gasteiger partial charge in [-0.25, -0.2) is 0 Å². The molecule has 0 spiro atoms. The van der Waals surface area contributed by atoms with E-state index in [2.05, 4.69) is 10.6 Å². The summed E-state index contributed by atoms with van der Waals surface area (Å²) in [5, 5.41) is 5.18. The minimum atomic E-state index is -0.691. The van der Waals surface area contributed by atoms with Gasteiger partial charge in [0.25, 0.3) is 0 Å². The molecule has 2 amide bonds. The molecule has 144 valence electrons. The Labute approximate surface area is 163 Å². The highest BCUT2D eigenvalue weighted by molar-refractivity contribution is 6.39. The summed E-state index contributed by atoms with van der Waals surface area (Å²) in [5.74, 6) is -0.608. The van der Waals surface area contributed by atoms with Crippen molar-refractivity contribution in [2.24, 2.45) is 0 Å². The maximum atomic E-state index is 12.0. The van der Waals surface area contributed by atoms with E-state index in [1.165, 1.54) is 0 Å². The predicted molar refractivity (Wildman–Crippen MR) is 106 cm³/mol. The number of nitrogens with one attached hydrogen (secondary N) is 2. The molecule has 0 aliphatic carbocycles. The summed E-state index contributed by atoms with van der Waals surface area (Å²) in [7, 11) is 0. The molecule has 0 atom stereocenters. The highest BCUT2D eigenvalue weighted by Gasteiger charge is 2.13. The average molecular weight is 378 g/mol. The zero-order chi connectivity index (χ0) is 19.6. The molecule has 1 aromatic heterocycles. The summed E-state index contributed by atoms with van der Waals surface area (Å²) in [6, 6.07) is 20.9. The monoisotopic (exact) mass is 378 g/mol. The van der Waals surface area contributed by atoms with Crippen LogP contribution in [0.25, 0.3) is 11.1 Å². The number of anilines is 1. The number of carbonyl (C=O) groups is 2. The lowest BCUT2D eigenvalue weighted by Gasteiger charge is -2.08. The van der Waals surface area contributed by atoms with Crippen molar-refractivity contribution in [3.05, 3.63) is 78.8 Å². The highest BCUT2D eigenvalue weighted by atomic mass is 16.5. The van der Waals surface area contributed by atoms with Gasteiger partial charge in [0.1, 0.15) is 12.4 Å². The van der Waals surface area contributed by atoms with Crippen molar-refractivity contribution in [1.29, 1.82) is 0 Å². The SMILES string of the molecule is O=C(NCCCOCc1ccco1)C(=O)Nc1ccc(-c2ccccc2)cc1. The largest absolute Gasteiger partial charge is 0.467 e. The Hall–Kier alpha value is -3.38. The third kappa shape index (κ3) is 5.82. The fraction of sp³-hybridized carbons (Fsp3) is 0.182. The Morgan fingerprint density at radius 1 is 0.857 bits per heavy atom. The third-order valence-electron chi connectivity index (χ3n) is 4.03. The molecule has 0 aliphatic heterocycles. The third-order valence-corrected chi connectivity index (χ3v) is 4.03. The number of amides is 2. The van der Waals surface area contributed by atoms with E-state index in [1.54, 1.807) is 24.5 Å². The number of hydrogen-bond acceptors (Lipinski definition) is 4. The van der Waals surface area contributed by atoms with Crippen LogP contribution in [0.4, 0.5) is 5.69 Å². The second-order valence-electron chi connectivity index (χ2n) is 6.14. The molecule has 3 rings (SSSR count). The van der Waals surface area contributed by atoms with Crippen molar-refractivity contribution >= 4 is 17.5 Å². The van der Waals surface area contributed by atoms with Crippen molar-refractivity contribution in [3.63, 3.8) is 0 Å². The second kappa shape index (κ2) is 10.1. The summed E-state index contributed by atoms with van der Waals surface area (Å²) >= 11 is 0. The van der Waals surface area contributed by atoms with E-state index in [-0.39, 0.29) is 0 Å². The molecule has 0 saturated carbocycles. The van der Waals surface area contributed by atoms with E-state index < -0.39 is 11.8 Å². The van der Waals surface area contributed by atoms with Gasteiger partial charge in [0.05, 0.1) is 6.26 Å². The van der Waals surface area contributed by atoms with Crippen LogP contribution in [0.5, 0.6) is 0 Å². The van der Waals surface area contributed by atoms with Crippen LogP contribution in [-0.4, -0.2) is 25.0 Å². The average Bonchev–Trinajstić information content (AvgIpc) is 3.25. The van der Waals surface area contributed by atoms with Gasteiger partial charge in [0.15, 0.2) is 0 Å². The minimum Gasteiger partial charge on any atom is -0.467 e. The van der Waals surface area contributed by atoms with E-state index in [0.717, 1.165) is 16.9 Å². The molecule has 0 radical (unpaired) electrons. The molecular weight excluding hydrogens is 356 g/mol. The molecule has 0 unspecified atom stereocenters. The lowest BCUT2D eigenvalue weighted by atomic mass is 10.1. The summed E-state index contributed by atoms with van der Waals surface area (Å²) in [4.78, 5) is 23.9. The summed E-state index contributed by atoms with van der Waals surface area (Å²) < 4.78 is 10.6. The van der Waals surface area contributed by atoms with Crippen LogP contribution in [0.15, 0.2) is 77.4 Å². The van der Waals surface area contributed by atoms with E-state index >= 15 is 0 Å². The molecule has 0 fully saturated rings. The fourth-order valence-corrected chi connectivity index (χ4v) is 2.59. The van der Waals surface area contributed by atoms with Crippen molar-refractivity contribution in [1.82, 2.24) is 5.32 Å². The van der Waals surface area contributed by atoms with Crippen LogP contribution >= 0.6 is 0 Å². The van der Waals surface area contributed by atoms with Gasteiger partial charge in [-0.15, -0.1) is 0 Å². The molecular formula is C22H22N2O4. The van der Waals surface area contributed by atoms with Gasteiger partial charge in [-0.05, 0) is 41.8 Å². The normalized spacial score (nSPS) is 10.4. The Balaban J connectivity index is 1.36. The van der Waals surface area contributed by atoms with Crippen LogP contribution in [0, 0.1) is 0 Å². The first-order valence-electron chi connectivity index (χ1n) is 9.07. The number of ether oxygens (including phenoxy) is 1. The Bertz CT molecular complexity index is 875. The molecule has 0 saturated heterocycles. The minimum absolute atomic E-state index is 0.358. The van der Waals surface area contributed by atoms with Crippen molar-refractivity contribution < 1.29 is 18.7 Å². The van der Waals surface area contributed by atoms with Crippen LogP contribution in [-0.2, 0) is 20.9 Å². The number of rotatable bonds is 8. The fourth-order valence-electron chi connectivity index (χ4n) is 2.59. The van der Waals surface area contributed by atoms with Crippen LogP contribution in [0.2, 0.25) is 0 Å². The van der Waals surface area contributed by atoms with Crippen LogP contribution in [0.1, 0.15) is 12.2 Å². The van der Waals surface area contributed by atoms with E-state index in [0.29, 0.717) is 31.9 Å². The Morgan fingerprint density at radius 3 is 2.32 bits per heavy atom. The van der Waals surface area contributed by atoms with Crippen molar-refractivity contribution in [2.75, 3.05) is 18.5 Å². The molecule has 6 heteroatoms. The molecule has 28 heavy (non-hydrogen) atoms. The van der Waals surface area contributed by atoms with E-state index in [9.17, 15) is 9.59 Å². The smallest absolute Gasteiger partial charge is 0.313 e. The maximum Gasteiger partial charge on any atom is 0.313 e. The quantitative estimate of drug-likeness (QED) is 0.464. The molecule has 3 aromatic rings. The Kier molecular flexibility index (Phi) is 6.98. The first-order valence-corrected chi connectivity index (χ1v) is 9.07. The number of hydrogen-bond donors (Lipinski definition) is 2.